The number of carbonyl (C=O) groups excluding carboxylic acids is 2. The molecule has 1 N–H and O–H groups in total. The molecule has 3 heterocycles. The first-order valence-electron chi connectivity index (χ1n) is 9.86. The van der Waals surface area contributed by atoms with Gasteiger partial charge in [-0.3, -0.25) is 19.5 Å². The van der Waals surface area contributed by atoms with Gasteiger partial charge in [-0.05, 0) is 42.9 Å². The zero-order valence-electron chi connectivity index (χ0n) is 16.4. The van der Waals surface area contributed by atoms with Gasteiger partial charge in [-0.15, -0.1) is 0 Å². The lowest BCUT2D eigenvalue weighted by molar-refractivity contribution is -0.126. The molecule has 2 aliphatic rings. The molecule has 1 amide bonds. The van der Waals surface area contributed by atoms with Crippen LogP contribution < -0.4 is 5.32 Å². The molecule has 150 valence electrons. The van der Waals surface area contributed by atoms with Crippen LogP contribution in [-0.2, 0) is 10.3 Å². The molecule has 1 aromatic heterocycles. The molecule has 1 fully saturated rings. The second-order valence-electron chi connectivity index (χ2n) is 7.86. The standard InChI is InChI=1S/C24H20ClN3O2/c1-28-14-17(15-9-11-16(25)12-10-15)21(22(29)20-8-4-5-13-26-20)24(28)18-6-2-3-7-19(18)27-23(24)30/h2-13,17,21H,14H2,1H3,(H,27,30). The summed E-state index contributed by atoms with van der Waals surface area (Å²) in [5, 5.41) is 3.64. The highest BCUT2D eigenvalue weighted by Crippen LogP contribution is 2.55. The third-order valence-corrected chi connectivity index (χ3v) is 6.61. The van der Waals surface area contributed by atoms with E-state index in [-0.39, 0.29) is 17.6 Å². The van der Waals surface area contributed by atoms with Crippen LogP contribution in [0.2, 0.25) is 5.02 Å². The molecular weight excluding hydrogens is 398 g/mol. The number of hydrogen-bond donors (Lipinski definition) is 1. The molecule has 2 aromatic carbocycles. The van der Waals surface area contributed by atoms with Crippen LogP contribution in [0, 0.1) is 5.92 Å². The molecule has 0 aliphatic carbocycles. The van der Waals surface area contributed by atoms with Crippen molar-refractivity contribution in [1.29, 1.82) is 0 Å². The molecule has 6 heteroatoms. The van der Waals surface area contributed by atoms with Crippen molar-refractivity contribution in [2.24, 2.45) is 5.92 Å². The summed E-state index contributed by atoms with van der Waals surface area (Å²) in [6, 6.07) is 20.4. The smallest absolute Gasteiger partial charge is 0.250 e. The fourth-order valence-corrected chi connectivity index (χ4v) is 5.20. The highest BCUT2D eigenvalue weighted by atomic mass is 35.5. The largest absolute Gasteiger partial charge is 0.324 e. The second kappa shape index (κ2) is 7.04. The molecule has 5 nitrogen and oxygen atoms in total. The topological polar surface area (TPSA) is 62.3 Å². The van der Waals surface area contributed by atoms with Crippen LogP contribution in [-0.4, -0.2) is 35.2 Å². The number of likely N-dealkylation sites (N-methyl/N-ethyl adjacent to an activating group) is 1. The average Bonchev–Trinajstić information content (AvgIpc) is 3.24. The van der Waals surface area contributed by atoms with Crippen molar-refractivity contribution in [3.05, 3.63) is 94.8 Å². The minimum Gasteiger partial charge on any atom is -0.324 e. The van der Waals surface area contributed by atoms with E-state index >= 15 is 0 Å². The third kappa shape index (κ3) is 2.62. The first kappa shape index (κ1) is 19.0. The van der Waals surface area contributed by atoms with Gasteiger partial charge in [0.05, 0.1) is 5.92 Å². The first-order chi connectivity index (χ1) is 14.5. The van der Waals surface area contributed by atoms with Gasteiger partial charge >= 0.3 is 0 Å². The van der Waals surface area contributed by atoms with Crippen LogP contribution in [0.4, 0.5) is 5.69 Å². The van der Waals surface area contributed by atoms with Crippen molar-refractivity contribution in [2.45, 2.75) is 11.5 Å². The molecule has 30 heavy (non-hydrogen) atoms. The number of likely N-dealkylation sites (tertiary alicyclic amines) is 1. The Hall–Kier alpha value is -3.02. The Morgan fingerprint density at radius 3 is 2.57 bits per heavy atom. The molecule has 3 atom stereocenters. The number of anilines is 1. The summed E-state index contributed by atoms with van der Waals surface area (Å²) in [5.41, 5.74) is 1.85. The Labute approximate surface area is 179 Å². The van der Waals surface area contributed by atoms with E-state index in [1.54, 1.807) is 24.4 Å². The molecule has 3 aromatic rings. The number of aromatic nitrogens is 1. The molecule has 2 aliphatic heterocycles. The summed E-state index contributed by atoms with van der Waals surface area (Å²) in [5.74, 6) is -1.11. The van der Waals surface area contributed by atoms with Gasteiger partial charge in [0, 0.05) is 34.9 Å². The molecule has 0 bridgehead atoms. The summed E-state index contributed by atoms with van der Waals surface area (Å²) in [4.78, 5) is 33.7. The Morgan fingerprint density at radius 2 is 1.83 bits per heavy atom. The molecule has 1 saturated heterocycles. The van der Waals surface area contributed by atoms with E-state index in [9.17, 15) is 9.59 Å². The van der Waals surface area contributed by atoms with Crippen LogP contribution in [0.3, 0.4) is 0 Å². The maximum atomic E-state index is 13.9. The Kier molecular flexibility index (Phi) is 4.45. The van der Waals surface area contributed by atoms with E-state index < -0.39 is 11.5 Å². The van der Waals surface area contributed by atoms with Gasteiger partial charge in [0.15, 0.2) is 5.78 Å². The van der Waals surface area contributed by atoms with Crippen molar-refractivity contribution in [1.82, 2.24) is 9.88 Å². The van der Waals surface area contributed by atoms with Crippen LogP contribution in [0.15, 0.2) is 72.9 Å². The summed E-state index contributed by atoms with van der Waals surface area (Å²) < 4.78 is 0. The molecule has 0 saturated carbocycles. The minimum atomic E-state index is -1.09. The lowest BCUT2D eigenvalue weighted by atomic mass is 9.71. The zero-order valence-corrected chi connectivity index (χ0v) is 17.1. The van der Waals surface area contributed by atoms with E-state index in [0.29, 0.717) is 17.3 Å². The van der Waals surface area contributed by atoms with Gasteiger partial charge in [0.2, 0.25) is 5.91 Å². The normalized spacial score (nSPS) is 25.3. The van der Waals surface area contributed by atoms with Crippen molar-refractivity contribution in [3.63, 3.8) is 0 Å². The van der Waals surface area contributed by atoms with Crippen molar-refractivity contribution >= 4 is 29.0 Å². The van der Waals surface area contributed by atoms with Crippen molar-refractivity contribution in [3.8, 4) is 0 Å². The van der Waals surface area contributed by atoms with E-state index in [0.717, 1.165) is 16.8 Å². The Balaban J connectivity index is 1.73. The number of para-hydroxylation sites is 1. The number of nitrogens with zero attached hydrogens (tertiary/aromatic N) is 2. The summed E-state index contributed by atoms with van der Waals surface area (Å²) in [6.45, 7) is 0.562. The van der Waals surface area contributed by atoms with Crippen LogP contribution in [0.1, 0.15) is 27.5 Å². The maximum Gasteiger partial charge on any atom is 0.250 e. The molecule has 3 unspecified atom stereocenters. The van der Waals surface area contributed by atoms with E-state index in [1.807, 2.05) is 60.5 Å². The van der Waals surface area contributed by atoms with Gasteiger partial charge in [-0.1, -0.05) is 48.0 Å². The first-order valence-corrected chi connectivity index (χ1v) is 10.2. The highest BCUT2D eigenvalue weighted by molar-refractivity contribution is 6.30. The minimum absolute atomic E-state index is 0.133. The van der Waals surface area contributed by atoms with Gasteiger partial charge in [0.25, 0.3) is 0 Å². The van der Waals surface area contributed by atoms with Crippen LogP contribution in [0.25, 0.3) is 0 Å². The van der Waals surface area contributed by atoms with E-state index in [2.05, 4.69) is 10.3 Å². The van der Waals surface area contributed by atoms with Crippen molar-refractivity contribution in [2.75, 3.05) is 18.9 Å². The molecule has 5 rings (SSSR count). The SMILES string of the molecule is CN1CC(c2ccc(Cl)cc2)C(C(=O)c2ccccn2)C12C(=O)Nc1ccccc12. The predicted octanol–water partition coefficient (Wildman–Crippen LogP) is 4.11. The van der Waals surface area contributed by atoms with Crippen LogP contribution in [0.5, 0.6) is 0 Å². The average molecular weight is 418 g/mol. The number of fused-ring (bicyclic) bond motifs is 2. The van der Waals surface area contributed by atoms with Gasteiger partial charge < -0.3 is 5.32 Å². The van der Waals surface area contributed by atoms with Gasteiger partial charge in [0.1, 0.15) is 11.2 Å². The number of benzene rings is 2. The van der Waals surface area contributed by atoms with E-state index in [1.165, 1.54) is 0 Å². The number of halogens is 1. The summed E-state index contributed by atoms with van der Waals surface area (Å²) in [7, 11) is 1.91. The monoisotopic (exact) mass is 417 g/mol. The quantitative estimate of drug-likeness (QED) is 0.651. The summed E-state index contributed by atoms with van der Waals surface area (Å²) in [6.07, 6.45) is 1.61. The lowest BCUT2D eigenvalue weighted by Gasteiger charge is -2.35. The third-order valence-electron chi connectivity index (χ3n) is 6.36. The fraction of sp³-hybridized carbons (Fsp3) is 0.208. The number of hydrogen-bond acceptors (Lipinski definition) is 4. The van der Waals surface area contributed by atoms with Crippen molar-refractivity contribution < 1.29 is 9.59 Å². The number of nitrogens with one attached hydrogen (secondary N) is 1. The second-order valence-corrected chi connectivity index (χ2v) is 8.30. The van der Waals surface area contributed by atoms with Gasteiger partial charge in [-0.2, -0.15) is 0 Å². The molecule has 1 spiro atoms. The number of Topliss-reactive ketones (excluding diaryl/α,β-unsaturated/α-hetero) is 1. The van der Waals surface area contributed by atoms with Gasteiger partial charge in [-0.25, -0.2) is 0 Å². The number of carbonyl (C=O) groups is 2. The Bertz CT molecular complexity index is 1130. The number of rotatable bonds is 3. The zero-order chi connectivity index (χ0) is 20.9. The number of ketones is 1. The number of pyridine rings is 1. The predicted molar refractivity (Wildman–Crippen MR) is 116 cm³/mol. The number of amides is 1. The van der Waals surface area contributed by atoms with Crippen LogP contribution >= 0.6 is 11.6 Å². The van der Waals surface area contributed by atoms with E-state index in [4.69, 9.17) is 11.6 Å². The fourth-order valence-electron chi connectivity index (χ4n) is 5.07. The maximum absolute atomic E-state index is 13.9. The highest BCUT2D eigenvalue weighted by Gasteiger charge is 2.64. The summed E-state index contributed by atoms with van der Waals surface area (Å²) >= 11 is 6.10. The molecule has 0 radical (unpaired) electrons. The lowest BCUT2D eigenvalue weighted by Crippen LogP contribution is -2.51. The Morgan fingerprint density at radius 1 is 1.10 bits per heavy atom. The molecular formula is C24H20ClN3O2.